The monoisotopic (exact) mass is 282 g/mol. The first kappa shape index (κ1) is 13.4. The number of amides is 1. The molecule has 1 fully saturated rings. The van der Waals surface area contributed by atoms with Crippen LogP contribution in [-0.4, -0.2) is 24.0 Å². The largest absolute Gasteiger partial charge is 0.399 e. The number of rotatable bonds is 3. The van der Waals surface area contributed by atoms with Gasteiger partial charge < -0.3 is 16.0 Å². The molecule has 3 rings (SSSR count). The number of carbonyl (C=O) groups is 1. The van der Waals surface area contributed by atoms with E-state index in [1.165, 1.54) is 12.8 Å². The maximum absolute atomic E-state index is 12.1. The number of benzene rings is 1. The predicted molar refractivity (Wildman–Crippen MR) is 84.5 cm³/mol. The molecule has 1 aromatic carbocycles. The van der Waals surface area contributed by atoms with E-state index >= 15 is 0 Å². The molecule has 0 spiro atoms. The Morgan fingerprint density at radius 3 is 2.67 bits per heavy atom. The Morgan fingerprint density at radius 1 is 1.19 bits per heavy atom. The summed E-state index contributed by atoms with van der Waals surface area (Å²) in [6, 6.07) is 10.7. The fourth-order valence-corrected chi connectivity index (χ4v) is 2.48. The van der Waals surface area contributed by atoms with Crippen molar-refractivity contribution in [2.75, 3.05) is 29.0 Å². The molecule has 0 aliphatic carbocycles. The lowest BCUT2D eigenvalue weighted by atomic mass is 10.2. The molecule has 0 atom stereocenters. The molecule has 5 heteroatoms. The van der Waals surface area contributed by atoms with Gasteiger partial charge in [0.1, 0.15) is 5.82 Å². The van der Waals surface area contributed by atoms with E-state index in [0.29, 0.717) is 16.9 Å². The smallest absolute Gasteiger partial charge is 0.255 e. The molecule has 0 radical (unpaired) electrons. The maximum Gasteiger partial charge on any atom is 0.255 e. The molecule has 0 bridgehead atoms. The Hall–Kier alpha value is -2.56. The van der Waals surface area contributed by atoms with Crippen LogP contribution < -0.4 is 16.0 Å². The topological polar surface area (TPSA) is 71.2 Å². The number of nitrogens with one attached hydrogen (secondary N) is 1. The summed E-state index contributed by atoms with van der Waals surface area (Å²) in [5.41, 5.74) is 7.48. The van der Waals surface area contributed by atoms with Crippen LogP contribution in [-0.2, 0) is 0 Å². The van der Waals surface area contributed by atoms with Crippen LogP contribution in [0.15, 0.2) is 42.6 Å². The van der Waals surface area contributed by atoms with Gasteiger partial charge in [0.15, 0.2) is 0 Å². The van der Waals surface area contributed by atoms with Crippen molar-refractivity contribution in [3.63, 3.8) is 0 Å². The first-order chi connectivity index (χ1) is 10.2. The molecule has 2 heterocycles. The van der Waals surface area contributed by atoms with E-state index in [4.69, 9.17) is 5.73 Å². The molecule has 5 nitrogen and oxygen atoms in total. The van der Waals surface area contributed by atoms with Gasteiger partial charge in [-0.15, -0.1) is 0 Å². The van der Waals surface area contributed by atoms with Crippen molar-refractivity contribution in [3.8, 4) is 0 Å². The van der Waals surface area contributed by atoms with E-state index in [1.54, 1.807) is 30.5 Å². The number of nitrogen functional groups attached to an aromatic ring is 1. The van der Waals surface area contributed by atoms with Gasteiger partial charge in [0.05, 0.1) is 11.9 Å². The standard InChI is InChI=1S/C16H18N4O/c17-13-5-3-4-12(10-13)16(21)19-14-6-7-15(18-11-14)20-8-1-2-9-20/h3-7,10-11H,1-2,8-9,17H2,(H,19,21). The number of anilines is 3. The van der Waals surface area contributed by atoms with Crippen molar-refractivity contribution in [2.24, 2.45) is 0 Å². The SMILES string of the molecule is Nc1cccc(C(=O)Nc2ccc(N3CCCC3)nc2)c1. The Labute approximate surface area is 123 Å². The Kier molecular flexibility index (Phi) is 3.73. The molecule has 108 valence electrons. The lowest BCUT2D eigenvalue weighted by Crippen LogP contribution is -2.19. The highest BCUT2D eigenvalue weighted by Crippen LogP contribution is 2.19. The fraction of sp³-hybridized carbons (Fsp3) is 0.250. The third-order valence-electron chi connectivity index (χ3n) is 3.58. The van der Waals surface area contributed by atoms with Gasteiger partial charge in [-0.1, -0.05) is 6.07 Å². The number of aromatic nitrogens is 1. The summed E-state index contributed by atoms with van der Waals surface area (Å²) < 4.78 is 0. The molecule has 1 aromatic heterocycles. The summed E-state index contributed by atoms with van der Waals surface area (Å²) in [6.07, 6.45) is 4.13. The first-order valence-corrected chi connectivity index (χ1v) is 7.10. The zero-order chi connectivity index (χ0) is 14.7. The van der Waals surface area contributed by atoms with Gasteiger partial charge >= 0.3 is 0 Å². The third kappa shape index (κ3) is 3.13. The lowest BCUT2D eigenvalue weighted by molar-refractivity contribution is 0.102. The van der Waals surface area contributed by atoms with Crippen LogP contribution >= 0.6 is 0 Å². The Balaban J connectivity index is 1.68. The minimum atomic E-state index is -0.182. The summed E-state index contributed by atoms with van der Waals surface area (Å²) in [7, 11) is 0. The lowest BCUT2D eigenvalue weighted by Gasteiger charge is -2.16. The molecule has 1 aliphatic rings. The number of carbonyl (C=O) groups excluding carboxylic acids is 1. The van der Waals surface area contributed by atoms with Crippen LogP contribution in [0.4, 0.5) is 17.2 Å². The quantitative estimate of drug-likeness (QED) is 0.849. The molecule has 3 N–H and O–H groups in total. The van der Waals surface area contributed by atoms with E-state index in [-0.39, 0.29) is 5.91 Å². The number of pyridine rings is 1. The molecule has 0 saturated carbocycles. The second-order valence-electron chi connectivity index (χ2n) is 5.18. The maximum atomic E-state index is 12.1. The molecule has 1 amide bonds. The molecule has 0 unspecified atom stereocenters. The van der Waals surface area contributed by atoms with Crippen LogP contribution in [0.1, 0.15) is 23.2 Å². The molecular formula is C16H18N4O. The van der Waals surface area contributed by atoms with E-state index < -0.39 is 0 Å². The number of nitrogens with two attached hydrogens (primary N) is 1. The van der Waals surface area contributed by atoms with E-state index in [9.17, 15) is 4.79 Å². The Morgan fingerprint density at radius 2 is 2.00 bits per heavy atom. The van der Waals surface area contributed by atoms with E-state index in [1.807, 2.05) is 12.1 Å². The average molecular weight is 282 g/mol. The first-order valence-electron chi connectivity index (χ1n) is 7.10. The van der Waals surface area contributed by atoms with Crippen LogP contribution in [0.2, 0.25) is 0 Å². The van der Waals surface area contributed by atoms with Crippen molar-refractivity contribution in [1.82, 2.24) is 4.98 Å². The van der Waals surface area contributed by atoms with Gasteiger partial charge in [-0.25, -0.2) is 4.98 Å². The highest BCUT2D eigenvalue weighted by molar-refractivity contribution is 6.04. The molecule has 21 heavy (non-hydrogen) atoms. The zero-order valence-electron chi connectivity index (χ0n) is 11.7. The summed E-state index contributed by atoms with van der Waals surface area (Å²) in [4.78, 5) is 18.8. The van der Waals surface area contributed by atoms with Crippen molar-refractivity contribution >= 4 is 23.1 Å². The van der Waals surface area contributed by atoms with Crippen LogP contribution in [0.5, 0.6) is 0 Å². The normalized spacial score (nSPS) is 14.2. The minimum absolute atomic E-state index is 0.182. The number of nitrogens with zero attached hydrogens (tertiary/aromatic N) is 2. The highest BCUT2D eigenvalue weighted by Gasteiger charge is 2.13. The zero-order valence-corrected chi connectivity index (χ0v) is 11.7. The molecule has 1 saturated heterocycles. The Bertz CT molecular complexity index is 633. The van der Waals surface area contributed by atoms with Crippen LogP contribution in [0.25, 0.3) is 0 Å². The fourth-order valence-electron chi connectivity index (χ4n) is 2.48. The third-order valence-corrected chi connectivity index (χ3v) is 3.58. The van der Waals surface area contributed by atoms with Gasteiger partial charge in [0.2, 0.25) is 0 Å². The van der Waals surface area contributed by atoms with E-state index in [2.05, 4.69) is 15.2 Å². The van der Waals surface area contributed by atoms with Crippen molar-refractivity contribution in [3.05, 3.63) is 48.2 Å². The van der Waals surface area contributed by atoms with Gasteiger partial charge in [-0.05, 0) is 43.2 Å². The van der Waals surface area contributed by atoms with Gasteiger partial charge in [-0.3, -0.25) is 4.79 Å². The van der Waals surface area contributed by atoms with Crippen molar-refractivity contribution in [2.45, 2.75) is 12.8 Å². The molecule has 2 aromatic rings. The van der Waals surface area contributed by atoms with Crippen LogP contribution in [0, 0.1) is 0 Å². The molecular weight excluding hydrogens is 264 g/mol. The summed E-state index contributed by atoms with van der Waals surface area (Å²) >= 11 is 0. The molecule has 1 aliphatic heterocycles. The van der Waals surface area contributed by atoms with Crippen molar-refractivity contribution < 1.29 is 4.79 Å². The summed E-state index contributed by atoms with van der Waals surface area (Å²) in [5.74, 6) is 0.785. The van der Waals surface area contributed by atoms with Gasteiger partial charge in [-0.2, -0.15) is 0 Å². The summed E-state index contributed by atoms with van der Waals surface area (Å²) in [5, 5.41) is 2.83. The van der Waals surface area contributed by atoms with Gasteiger partial charge in [0, 0.05) is 24.3 Å². The highest BCUT2D eigenvalue weighted by atomic mass is 16.1. The number of hydrogen-bond donors (Lipinski definition) is 2. The second kappa shape index (κ2) is 5.83. The minimum Gasteiger partial charge on any atom is -0.399 e. The predicted octanol–water partition coefficient (Wildman–Crippen LogP) is 2.52. The number of hydrogen-bond acceptors (Lipinski definition) is 4. The summed E-state index contributed by atoms with van der Waals surface area (Å²) in [6.45, 7) is 2.12. The van der Waals surface area contributed by atoms with Crippen LogP contribution in [0.3, 0.4) is 0 Å². The average Bonchev–Trinajstić information content (AvgIpc) is 3.02. The van der Waals surface area contributed by atoms with Gasteiger partial charge in [0.25, 0.3) is 5.91 Å². The van der Waals surface area contributed by atoms with E-state index in [0.717, 1.165) is 18.9 Å². The van der Waals surface area contributed by atoms with Crippen molar-refractivity contribution in [1.29, 1.82) is 0 Å². The second-order valence-corrected chi connectivity index (χ2v) is 5.18.